The molecular formula is C24H25N3O2. The molecule has 2 aromatic carbocycles. The minimum Gasteiger partial charge on any atom is -0.455 e. The zero-order valence-electron chi connectivity index (χ0n) is 16.8. The van der Waals surface area contributed by atoms with Gasteiger partial charge in [0.2, 0.25) is 0 Å². The van der Waals surface area contributed by atoms with Crippen molar-refractivity contribution < 1.29 is 9.21 Å². The summed E-state index contributed by atoms with van der Waals surface area (Å²) in [7, 11) is 0. The number of aryl methyl sites for hydroxylation is 1. The van der Waals surface area contributed by atoms with Crippen molar-refractivity contribution >= 4 is 23.0 Å². The zero-order chi connectivity index (χ0) is 20.2. The summed E-state index contributed by atoms with van der Waals surface area (Å²) in [5.41, 5.74) is 7.73. The lowest BCUT2D eigenvalue weighted by Crippen LogP contribution is -2.30. The van der Waals surface area contributed by atoms with Crippen molar-refractivity contribution in [2.45, 2.75) is 33.1 Å². The summed E-state index contributed by atoms with van der Waals surface area (Å²) >= 11 is 0. The average Bonchev–Trinajstić information content (AvgIpc) is 3.11. The highest BCUT2D eigenvalue weighted by Gasteiger charge is 2.30. The smallest absolute Gasteiger partial charge is 0.294 e. The van der Waals surface area contributed by atoms with Crippen molar-refractivity contribution in [2.24, 2.45) is 5.10 Å². The predicted octanol–water partition coefficient (Wildman–Crippen LogP) is 5.41. The van der Waals surface area contributed by atoms with Crippen LogP contribution in [0, 0.1) is 6.92 Å². The first-order valence-electron chi connectivity index (χ1n) is 10.1. The molecule has 1 N–H and O–H groups in total. The number of nitrogens with one attached hydrogen (secondary N) is 1. The maximum atomic E-state index is 13.3. The van der Waals surface area contributed by atoms with Gasteiger partial charge >= 0.3 is 0 Å². The molecular weight excluding hydrogens is 362 g/mol. The van der Waals surface area contributed by atoms with Gasteiger partial charge in [0, 0.05) is 29.8 Å². The van der Waals surface area contributed by atoms with Crippen LogP contribution in [0.25, 0.3) is 0 Å². The van der Waals surface area contributed by atoms with Crippen LogP contribution in [0.15, 0.2) is 70.2 Å². The van der Waals surface area contributed by atoms with Gasteiger partial charge in [-0.05, 0) is 51.0 Å². The van der Waals surface area contributed by atoms with E-state index in [-0.39, 0.29) is 5.91 Å². The van der Waals surface area contributed by atoms with Crippen molar-refractivity contribution in [3.05, 3.63) is 83.3 Å². The number of hydrogen-bond donors (Lipinski definition) is 1. The van der Waals surface area contributed by atoms with Crippen molar-refractivity contribution in [3.63, 3.8) is 0 Å². The second kappa shape index (κ2) is 8.35. The van der Waals surface area contributed by atoms with E-state index < -0.39 is 0 Å². The molecule has 0 saturated heterocycles. The Labute approximate surface area is 171 Å². The van der Waals surface area contributed by atoms with Crippen LogP contribution < -0.4 is 10.3 Å². The summed E-state index contributed by atoms with van der Waals surface area (Å²) in [6.07, 6.45) is 2.64. The number of furan rings is 1. The second-order valence-corrected chi connectivity index (χ2v) is 7.13. The number of para-hydroxylation sites is 2. The molecule has 3 aromatic rings. The van der Waals surface area contributed by atoms with Gasteiger partial charge in [-0.1, -0.05) is 36.4 Å². The molecule has 29 heavy (non-hydrogen) atoms. The van der Waals surface area contributed by atoms with E-state index in [1.165, 1.54) is 0 Å². The van der Waals surface area contributed by atoms with E-state index >= 15 is 0 Å². The summed E-state index contributed by atoms with van der Waals surface area (Å²) < 4.78 is 6.09. The van der Waals surface area contributed by atoms with Gasteiger partial charge in [0.05, 0.1) is 11.4 Å². The molecule has 0 aliphatic heterocycles. The van der Waals surface area contributed by atoms with Crippen LogP contribution >= 0.6 is 0 Å². The maximum Gasteiger partial charge on any atom is 0.294 e. The van der Waals surface area contributed by atoms with Gasteiger partial charge < -0.3 is 9.32 Å². The van der Waals surface area contributed by atoms with Crippen molar-refractivity contribution in [1.29, 1.82) is 0 Å². The van der Waals surface area contributed by atoms with Gasteiger partial charge in [0.25, 0.3) is 5.91 Å². The second-order valence-electron chi connectivity index (χ2n) is 7.13. The van der Waals surface area contributed by atoms with E-state index in [9.17, 15) is 4.79 Å². The van der Waals surface area contributed by atoms with E-state index in [1.807, 2.05) is 74.5 Å². The van der Waals surface area contributed by atoms with E-state index in [0.717, 1.165) is 53.2 Å². The fourth-order valence-corrected chi connectivity index (χ4v) is 3.80. The van der Waals surface area contributed by atoms with Crippen LogP contribution in [0.3, 0.4) is 0 Å². The first kappa shape index (κ1) is 19.0. The third kappa shape index (κ3) is 3.81. The highest BCUT2D eigenvalue weighted by atomic mass is 16.4. The van der Waals surface area contributed by atoms with Gasteiger partial charge in [-0.25, -0.2) is 0 Å². The molecule has 1 aliphatic rings. The Hall–Kier alpha value is -3.34. The number of hydrogen-bond acceptors (Lipinski definition) is 4. The standard InChI is InChI=1S/C24H25N3O2/c1-3-27(19-13-8-5-9-14-19)24(28)23-17(2)22-20(15-10-16-21(22)29-23)26-25-18-11-6-4-7-12-18/h4-9,11-14,25H,3,10,15-16H2,1-2H3/b26-20+. The molecule has 0 spiro atoms. The van der Waals surface area contributed by atoms with Crippen LogP contribution in [0.5, 0.6) is 0 Å². The van der Waals surface area contributed by atoms with Crippen LogP contribution in [0.2, 0.25) is 0 Å². The van der Waals surface area contributed by atoms with Gasteiger partial charge in [0.15, 0.2) is 5.76 Å². The Kier molecular flexibility index (Phi) is 5.47. The van der Waals surface area contributed by atoms with Crippen LogP contribution in [0.1, 0.15) is 47.2 Å². The normalized spacial score (nSPS) is 14.5. The van der Waals surface area contributed by atoms with Crippen LogP contribution in [-0.4, -0.2) is 18.2 Å². The number of hydrazone groups is 1. The minimum absolute atomic E-state index is 0.110. The number of rotatable bonds is 5. The number of anilines is 2. The van der Waals surface area contributed by atoms with Crippen LogP contribution in [-0.2, 0) is 6.42 Å². The minimum atomic E-state index is -0.110. The molecule has 148 valence electrons. The molecule has 4 rings (SSSR count). The molecule has 0 atom stereocenters. The summed E-state index contributed by atoms with van der Waals surface area (Å²) in [6, 6.07) is 19.6. The van der Waals surface area contributed by atoms with Crippen molar-refractivity contribution in [1.82, 2.24) is 0 Å². The zero-order valence-corrected chi connectivity index (χ0v) is 16.8. The van der Waals surface area contributed by atoms with Crippen LogP contribution in [0.4, 0.5) is 11.4 Å². The predicted molar refractivity (Wildman–Crippen MR) is 117 cm³/mol. The molecule has 0 unspecified atom stereocenters. The first-order chi connectivity index (χ1) is 14.2. The number of fused-ring (bicyclic) bond motifs is 1. The van der Waals surface area contributed by atoms with Crippen molar-refractivity contribution in [2.75, 3.05) is 16.9 Å². The number of benzene rings is 2. The third-order valence-corrected chi connectivity index (χ3v) is 5.24. The Morgan fingerprint density at radius 1 is 1.07 bits per heavy atom. The molecule has 0 fully saturated rings. The van der Waals surface area contributed by atoms with Gasteiger partial charge in [0.1, 0.15) is 5.76 Å². The molecule has 1 aliphatic carbocycles. The monoisotopic (exact) mass is 387 g/mol. The highest BCUT2D eigenvalue weighted by molar-refractivity contribution is 6.10. The molecule has 1 heterocycles. The molecule has 1 aromatic heterocycles. The number of carbonyl (C=O) groups is 1. The number of carbonyl (C=O) groups excluding carboxylic acids is 1. The molecule has 0 bridgehead atoms. The number of nitrogens with zero attached hydrogens (tertiary/aromatic N) is 2. The van der Waals surface area contributed by atoms with Gasteiger partial charge in [-0.3, -0.25) is 10.2 Å². The van der Waals surface area contributed by atoms with E-state index in [4.69, 9.17) is 4.42 Å². The Morgan fingerprint density at radius 2 is 1.76 bits per heavy atom. The molecule has 0 saturated carbocycles. The molecule has 0 radical (unpaired) electrons. The fourth-order valence-electron chi connectivity index (χ4n) is 3.80. The maximum absolute atomic E-state index is 13.3. The van der Waals surface area contributed by atoms with E-state index in [1.54, 1.807) is 4.90 Å². The Morgan fingerprint density at radius 3 is 2.45 bits per heavy atom. The first-order valence-corrected chi connectivity index (χ1v) is 10.1. The highest BCUT2D eigenvalue weighted by Crippen LogP contribution is 2.31. The molecule has 5 heteroatoms. The molecule has 5 nitrogen and oxygen atoms in total. The summed E-state index contributed by atoms with van der Waals surface area (Å²) in [4.78, 5) is 15.0. The van der Waals surface area contributed by atoms with Crippen molar-refractivity contribution in [3.8, 4) is 0 Å². The fraction of sp³-hybridized carbons (Fsp3) is 0.250. The summed E-state index contributed by atoms with van der Waals surface area (Å²) in [5.74, 6) is 1.16. The quantitative estimate of drug-likeness (QED) is 0.596. The third-order valence-electron chi connectivity index (χ3n) is 5.24. The summed E-state index contributed by atoms with van der Waals surface area (Å²) in [6.45, 7) is 4.50. The topological polar surface area (TPSA) is 57.8 Å². The SMILES string of the molecule is CCN(C(=O)c1oc2c(c1C)/C(=N/Nc1ccccc1)CCC2)c1ccccc1. The number of amides is 1. The lowest BCUT2D eigenvalue weighted by molar-refractivity contribution is 0.0959. The Bertz CT molecular complexity index is 1020. The van der Waals surface area contributed by atoms with Gasteiger partial charge in [-0.2, -0.15) is 5.10 Å². The van der Waals surface area contributed by atoms with E-state index in [0.29, 0.717) is 12.3 Å². The molecule has 1 amide bonds. The van der Waals surface area contributed by atoms with Gasteiger partial charge in [-0.15, -0.1) is 0 Å². The largest absolute Gasteiger partial charge is 0.455 e. The average molecular weight is 387 g/mol. The summed E-state index contributed by atoms with van der Waals surface area (Å²) in [5, 5.41) is 4.63. The Balaban J connectivity index is 1.66. The lowest BCUT2D eigenvalue weighted by atomic mass is 9.93. The van der Waals surface area contributed by atoms with E-state index in [2.05, 4.69) is 10.5 Å². The lowest BCUT2D eigenvalue weighted by Gasteiger charge is -2.20.